The lowest BCUT2D eigenvalue weighted by atomic mass is 9.76. The van der Waals surface area contributed by atoms with Crippen molar-refractivity contribution in [3.05, 3.63) is 0 Å². The van der Waals surface area contributed by atoms with Gasteiger partial charge in [-0.25, -0.2) is 0 Å². The number of halogens is 12. The molecule has 1 fully saturated rings. The first-order valence-corrected chi connectivity index (χ1v) is 7.32. The summed E-state index contributed by atoms with van der Waals surface area (Å²) < 4.78 is 143. The summed E-state index contributed by atoms with van der Waals surface area (Å²) in [4.78, 5) is 0. The molecule has 0 atom stereocenters. The fraction of sp³-hybridized carbons (Fsp3) is 1.00. The molecule has 27 heavy (non-hydrogen) atoms. The first kappa shape index (κ1) is 26.1. The molecule has 1 rings (SSSR count). The van der Waals surface area contributed by atoms with Gasteiger partial charge in [0, 0.05) is 5.92 Å². The molecular formula is C13H16F12O2. The lowest BCUT2D eigenvalue weighted by Crippen LogP contribution is -2.61. The SMILES string of the molecule is CC(O)(C(F)(F)F)C(F)(F)F.OC(C1CCCCC1)(C(F)(F)F)C(F)(F)F. The predicted octanol–water partition coefficient (Wildman–Crippen LogP) is 5.28. The van der Waals surface area contributed by atoms with Gasteiger partial charge in [-0.05, 0) is 19.8 Å². The van der Waals surface area contributed by atoms with Crippen molar-refractivity contribution in [1.82, 2.24) is 0 Å². The average molecular weight is 432 g/mol. The number of rotatable bonds is 1. The van der Waals surface area contributed by atoms with Crippen LogP contribution in [-0.2, 0) is 0 Å². The van der Waals surface area contributed by atoms with Crippen molar-refractivity contribution in [3.63, 3.8) is 0 Å². The molecule has 2 N–H and O–H groups in total. The summed E-state index contributed by atoms with van der Waals surface area (Å²) in [7, 11) is 0. The third kappa shape index (κ3) is 5.55. The Labute approximate surface area is 145 Å². The van der Waals surface area contributed by atoms with Crippen LogP contribution in [0.4, 0.5) is 52.7 Å². The van der Waals surface area contributed by atoms with E-state index in [1.54, 1.807) is 0 Å². The summed E-state index contributed by atoms with van der Waals surface area (Å²) in [5.74, 6) is -1.78. The smallest absolute Gasteiger partial charge is 0.374 e. The van der Waals surface area contributed by atoms with E-state index in [4.69, 9.17) is 10.2 Å². The number of hydrogen-bond acceptors (Lipinski definition) is 2. The Hall–Kier alpha value is -0.920. The maximum absolute atomic E-state index is 12.4. The molecule has 0 aromatic carbocycles. The normalized spacial score (nSPS) is 18.8. The van der Waals surface area contributed by atoms with Gasteiger partial charge in [0.1, 0.15) is 0 Å². The van der Waals surface area contributed by atoms with Gasteiger partial charge < -0.3 is 10.2 Å². The maximum atomic E-state index is 12.4. The van der Waals surface area contributed by atoms with Gasteiger partial charge in [-0.2, -0.15) is 52.7 Å². The Kier molecular flexibility index (Phi) is 7.57. The van der Waals surface area contributed by atoms with Gasteiger partial charge in [-0.15, -0.1) is 0 Å². The van der Waals surface area contributed by atoms with Crippen molar-refractivity contribution in [2.24, 2.45) is 5.92 Å². The second kappa shape index (κ2) is 7.84. The zero-order valence-corrected chi connectivity index (χ0v) is 13.5. The predicted molar refractivity (Wildman–Crippen MR) is 66.4 cm³/mol. The van der Waals surface area contributed by atoms with E-state index in [9.17, 15) is 52.7 Å². The number of alkyl halides is 12. The standard InChI is InChI=1S/C9H12F6O.C4H4F6O/c10-8(11,12)7(16,9(13,14)15)6-4-2-1-3-5-6;1-2(11,3(5,6)7)4(8,9)10/h6,16H,1-5H2;11H,1H3. The van der Waals surface area contributed by atoms with Gasteiger partial charge in [0.25, 0.3) is 11.2 Å². The van der Waals surface area contributed by atoms with Crippen LogP contribution in [0.25, 0.3) is 0 Å². The first-order valence-electron chi connectivity index (χ1n) is 7.32. The van der Waals surface area contributed by atoms with Crippen LogP contribution in [0.2, 0.25) is 0 Å². The van der Waals surface area contributed by atoms with Crippen molar-refractivity contribution < 1.29 is 62.9 Å². The second-order valence-electron chi connectivity index (χ2n) is 6.16. The summed E-state index contributed by atoms with van der Waals surface area (Å²) in [6.07, 6.45) is -22.0. The maximum Gasteiger partial charge on any atom is 0.426 e. The summed E-state index contributed by atoms with van der Waals surface area (Å²) in [6.45, 7) is -0.340. The Morgan fingerprint density at radius 3 is 1.04 bits per heavy atom. The van der Waals surface area contributed by atoms with Gasteiger partial charge in [0.15, 0.2) is 0 Å². The third-order valence-corrected chi connectivity index (χ3v) is 4.16. The molecule has 2 nitrogen and oxygen atoms in total. The molecule has 0 amide bonds. The third-order valence-electron chi connectivity index (χ3n) is 4.16. The van der Waals surface area contributed by atoms with Crippen LogP contribution in [0.5, 0.6) is 0 Å². The van der Waals surface area contributed by atoms with Crippen LogP contribution in [0.1, 0.15) is 39.0 Å². The van der Waals surface area contributed by atoms with Crippen LogP contribution >= 0.6 is 0 Å². The minimum Gasteiger partial charge on any atom is -0.374 e. The van der Waals surface area contributed by atoms with E-state index < -0.39 is 41.8 Å². The van der Waals surface area contributed by atoms with Gasteiger partial charge in [-0.3, -0.25) is 0 Å². The highest BCUT2D eigenvalue weighted by atomic mass is 19.4. The van der Waals surface area contributed by atoms with Crippen LogP contribution in [0.15, 0.2) is 0 Å². The summed E-state index contributed by atoms with van der Waals surface area (Å²) in [5.41, 5.74) is -9.18. The van der Waals surface area contributed by atoms with Crippen molar-refractivity contribution in [2.75, 3.05) is 0 Å². The first-order chi connectivity index (χ1) is 11.6. The zero-order chi connectivity index (χ0) is 22.1. The molecule has 1 aliphatic carbocycles. The van der Waals surface area contributed by atoms with Crippen molar-refractivity contribution in [2.45, 2.75) is 74.9 Å². The lowest BCUT2D eigenvalue weighted by Gasteiger charge is -2.40. The quantitative estimate of drug-likeness (QED) is 0.554. The highest BCUT2D eigenvalue weighted by molar-refractivity contribution is 5.00. The van der Waals surface area contributed by atoms with Gasteiger partial charge in [-0.1, -0.05) is 19.3 Å². The fourth-order valence-electron chi connectivity index (χ4n) is 2.30. The summed E-state index contributed by atoms with van der Waals surface area (Å²) in [5, 5.41) is 17.0. The highest BCUT2D eigenvalue weighted by Gasteiger charge is 2.73. The molecule has 0 bridgehead atoms. The van der Waals surface area contributed by atoms with E-state index in [1.165, 1.54) is 0 Å². The minimum atomic E-state index is -5.69. The molecule has 0 aromatic rings. The van der Waals surface area contributed by atoms with E-state index in [1.807, 2.05) is 0 Å². The molecule has 0 saturated heterocycles. The van der Waals surface area contributed by atoms with Crippen LogP contribution in [0.3, 0.4) is 0 Å². The van der Waals surface area contributed by atoms with Crippen LogP contribution < -0.4 is 0 Å². The number of hydrogen-bond donors (Lipinski definition) is 2. The average Bonchev–Trinajstić information content (AvgIpc) is 2.43. The van der Waals surface area contributed by atoms with E-state index in [2.05, 4.69) is 0 Å². The largest absolute Gasteiger partial charge is 0.426 e. The van der Waals surface area contributed by atoms with Crippen LogP contribution in [-0.4, -0.2) is 46.1 Å². The highest BCUT2D eigenvalue weighted by Crippen LogP contribution is 2.51. The van der Waals surface area contributed by atoms with E-state index >= 15 is 0 Å². The van der Waals surface area contributed by atoms with Gasteiger partial charge in [0.05, 0.1) is 0 Å². The van der Waals surface area contributed by atoms with E-state index in [-0.39, 0.29) is 19.8 Å². The molecule has 0 aliphatic heterocycles. The Morgan fingerprint density at radius 1 is 0.556 bits per heavy atom. The second-order valence-corrected chi connectivity index (χ2v) is 6.16. The van der Waals surface area contributed by atoms with Crippen molar-refractivity contribution >= 4 is 0 Å². The Morgan fingerprint density at radius 2 is 0.852 bits per heavy atom. The van der Waals surface area contributed by atoms with Gasteiger partial charge in [0.2, 0.25) is 0 Å². The molecule has 0 unspecified atom stereocenters. The molecule has 14 heteroatoms. The molecule has 0 radical (unpaired) electrons. The number of aliphatic hydroxyl groups is 2. The molecular weight excluding hydrogens is 416 g/mol. The molecule has 0 spiro atoms. The molecule has 164 valence electrons. The Balaban J connectivity index is 0.000000541. The van der Waals surface area contributed by atoms with Gasteiger partial charge >= 0.3 is 24.7 Å². The van der Waals surface area contributed by atoms with Crippen molar-refractivity contribution in [1.29, 1.82) is 0 Å². The fourth-order valence-corrected chi connectivity index (χ4v) is 2.30. The molecule has 0 heterocycles. The van der Waals surface area contributed by atoms with E-state index in [0.717, 1.165) is 0 Å². The monoisotopic (exact) mass is 432 g/mol. The topological polar surface area (TPSA) is 40.5 Å². The zero-order valence-electron chi connectivity index (χ0n) is 13.5. The molecule has 1 aliphatic rings. The lowest BCUT2D eigenvalue weighted by molar-refractivity contribution is -0.387. The summed E-state index contributed by atoms with van der Waals surface area (Å²) >= 11 is 0. The Bertz CT molecular complexity index is 436. The minimum absolute atomic E-state index is 0.241. The molecule has 0 aromatic heterocycles. The summed E-state index contributed by atoms with van der Waals surface area (Å²) in [6, 6.07) is 0. The molecule has 1 saturated carbocycles. The van der Waals surface area contributed by atoms with E-state index in [0.29, 0.717) is 19.3 Å². The van der Waals surface area contributed by atoms with Crippen LogP contribution in [0, 0.1) is 5.92 Å². The van der Waals surface area contributed by atoms with Crippen molar-refractivity contribution in [3.8, 4) is 0 Å².